The van der Waals surface area contributed by atoms with Crippen LogP contribution in [-0.2, 0) is 4.79 Å². The van der Waals surface area contributed by atoms with Gasteiger partial charge in [0.05, 0.1) is 12.3 Å². The number of aliphatic hydroxyl groups is 1. The predicted molar refractivity (Wildman–Crippen MR) is 68.9 cm³/mol. The van der Waals surface area contributed by atoms with Gasteiger partial charge >= 0.3 is 0 Å². The number of hydrogen-bond acceptors (Lipinski definition) is 3. The van der Waals surface area contributed by atoms with Gasteiger partial charge in [-0.15, -0.1) is 0 Å². The van der Waals surface area contributed by atoms with Crippen molar-refractivity contribution in [1.82, 2.24) is 0 Å². The van der Waals surface area contributed by atoms with E-state index in [9.17, 15) is 4.79 Å². The minimum atomic E-state index is -1.25. The lowest BCUT2D eigenvalue weighted by Crippen LogP contribution is -2.51. The van der Waals surface area contributed by atoms with Gasteiger partial charge in [-0.05, 0) is 35.6 Å². The number of hydrogen-bond donors (Lipinski definition) is 2. The minimum absolute atomic E-state index is 0.359. The summed E-state index contributed by atoms with van der Waals surface area (Å²) in [7, 11) is 0. The molecule has 1 amide bonds. The molecule has 1 aromatic rings. The highest BCUT2D eigenvalue weighted by atomic mass is 127. The molecule has 0 saturated carbocycles. The van der Waals surface area contributed by atoms with E-state index in [2.05, 4.69) is 27.9 Å². The fourth-order valence-corrected chi connectivity index (χ4v) is 2.52. The normalized spacial score (nSPS) is 23.4. The van der Waals surface area contributed by atoms with Crippen LogP contribution in [0.15, 0.2) is 12.1 Å². The molecule has 1 heterocycles. The van der Waals surface area contributed by atoms with Crippen LogP contribution in [0.25, 0.3) is 0 Å². The summed E-state index contributed by atoms with van der Waals surface area (Å²) in [6, 6.07) is 3.35. The molecule has 4 nitrogen and oxygen atoms in total. The van der Waals surface area contributed by atoms with Gasteiger partial charge in [0.2, 0.25) is 5.60 Å². The zero-order chi connectivity index (χ0) is 11.9. The van der Waals surface area contributed by atoms with E-state index < -0.39 is 5.60 Å². The Kier molecular flexibility index (Phi) is 3.02. The van der Waals surface area contributed by atoms with Crippen LogP contribution in [0, 0.1) is 3.57 Å². The number of nitrogens with one attached hydrogen (secondary N) is 1. The molecular formula is C10H9ClINO3. The molecule has 1 aromatic carbocycles. The summed E-state index contributed by atoms with van der Waals surface area (Å²) in [6.45, 7) is 1.14. The van der Waals surface area contributed by atoms with E-state index in [0.29, 0.717) is 16.5 Å². The average molecular weight is 354 g/mol. The van der Waals surface area contributed by atoms with Crippen molar-refractivity contribution >= 4 is 45.8 Å². The van der Waals surface area contributed by atoms with Crippen molar-refractivity contribution in [1.29, 1.82) is 0 Å². The summed E-state index contributed by atoms with van der Waals surface area (Å²) < 4.78 is 6.29. The molecule has 0 spiro atoms. The van der Waals surface area contributed by atoms with Crippen LogP contribution in [0.4, 0.5) is 5.69 Å². The lowest BCUT2D eigenvalue weighted by Gasteiger charge is -2.33. The second-order valence-electron chi connectivity index (χ2n) is 3.71. The van der Waals surface area contributed by atoms with Gasteiger partial charge in [-0.1, -0.05) is 11.6 Å². The lowest BCUT2D eigenvalue weighted by atomic mass is 10.0. The first-order chi connectivity index (χ1) is 7.46. The highest BCUT2D eigenvalue weighted by molar-refractivity contribution is 14.1. The van der Waals surface area contributed by atoms with Gasteiger partial charge < -0.3 is 15.2 Å². The second kappa shape index (κ2) is 4.05. The third-order valence-electron chi connectivity index (χ3n) is 2.37. The second-order valence-corrected chi connectivity index (χ2v) is 5.30. The maximum atomic E-state index is 11.7. The number of aliphatic hydroxyl groups excluding tert-OH is 1. The molecule has 0 bridgehead atoms. The number of halogens is 2. The molecule has 1 atom stereocenters. The fourth-order valence-electron chi connectivity index (χ4n) is 1.39. The first-order valence-electron chi connectivity index (χ1n) is 4.56. The van der Waals surface area contributed by atoms with Crippen LogP contribution in [-0.4, -0.2) is 23.2 Å². The number of benzene rings is 1. The van der Waals surface area contributed by atoms with Gasteiger partial charge in [0.15, 0.2) is 0 Å². The van der Waals surface area contributed by atoms with Crippen molar-refractivity contribution in [2.75, 3.05) is 11.9 Å². The zero-order valence-corrected chi connectivity index (χ0v) is 11.3. The Labute approximate surface area is 111 Å². The summed E-state index contributed by atoms with van der Waals surface area (Å²) in [5.41, 5.74) is -0.651. The van der Waals surface area contributed by atoms with Crippen molar-refractivity contribution in [3.05, 3.63) is 20.7 Å². The van der Waals surface area contributed by atoms with Gasteiger partial charge in [0, 0.05) is 14.7 Å². The molecule has 6 heteroatoms. The molecule has 2 rings (SSSR count). The summed E-state index contributed by atoms with van der Waals surface area (Å²) in [6.07, 6.45) is 0. The molecule has 86 valence electrons. The Morgan fingerprint density at radius 3 is 2.94 bits per heavy atom. The van der Waals surface area contributed by atoms with Crippen LogP contribution in [0.1, 0.15) is 6.92 Å². The molecule has 0 aromatic heterocycles. The molecule has 0 radical (unpaired) electrons. The number of amides is 1. The first kappa shape index (κ1) is 11.9. The molecule has 0 aliphatic carbocycles. The first-order valence-corrected chi connectivity index (χ1v) is 6.02. The molecule has 0 saturated heterocycles. The van der Waals surface area contributed by atoms with Gasteiger partial charge in [-0.25, -0.2) is 0 Å². The van der Waals surface area contributed by atoms with Gasteiger partial charge in [-0.2, -0.15) is 0 Å². The van der Waals surface area contributed by atoms with Crippen LogP contribution in [0.3, 0.4) is 0 Å². The van der Waals surface area contributed by atoms with E-state index in [4.69, 9.17) is 21.4 Å². The number of rotatable bonds is 1. The fraction of sp³-hybridized carbons (Fsp3) is 0.300. The van der Waals surface area contributed by atoms with Crippen molar-refractivity contribution in [2.24, 2.45) is 0 Å². The average Bonchev–Trinajstić information content (AvgIpc) is 2.21. The molecule has 0 fully saturated rings. The van der Waals surface area contributed by atoms with Crippen molar-refractivity contribution in [2.45, 2.75) is 12.5 Å². The molecular weight excluding hydrogens is 344 g/mol. The quantitative estimate of drug-likeness (QED) is 0.760. The highest BCUT2D eigenvalue weighted by Gasteiger charge is 2.40. The smallest absolute Gasteiger partial charge is 0.270 e. The number of fused-ring (bicyclic) bond motifs is 1. The van der Waals surface area contributed by atoms with E-state index in [1.54, 1.807) is 12.1 Å². The topological polar surface area (TPSA) is 58.6 Å². The van der Waals surface area contributed by atoms with Crippen LogP contribution in [0.5, 0.6) is 5.75 Å². The summed E-state index contributed by atoms with van der Waals surface area (Å²) in [5.74, 6) is 0.121. The Hall–Kier alpha value is -0.530. The summed E-state index contributed by atoms with van der Waals surface area (Å²) in [4.78, 5) is 11.7. The third-order valence-corrected chi connectivity index (χ3v) is 3.44. The van der Waals surface area contributed by atoms with Crippen molar-refractivity contribution in [3.8, 4) is 5.75 Å². The Morgan fingerprint density at radius 2 is 2.31 bits per heavy atom. The number of carbonyl (C=O) groups excluding carboxylic acids is 1. The number of ether oxygens (including phenoxy) is 1. The Bertz CT molecular complexity index is 466. The van der Waals surface area contributed by atoms with Gasteiger partial charge in [0.1, 0.15) is 5.75 Å². The zero-order valence-electron chi connectivity index (χ0n) is 8.38. The van der Waals surface area contributed by atoms with E-state index in [-0.39, 0.29) is 12.5 Å². The SMILES string of the molecule is C[C@@]1(CO)Oc2cc(Cl)cc(I)c2NC1=O. The van der Waals surface area contributed by atoms with Gasteiger partial charge in [0.25, 0.3) is 5.91 Å². The Morgan fingerprint density at radius 1 is 1.62 bits per heavy atom. The lowest BCUT2D eigenvalue weighted by molar-refractivity contribution is -0.134. The van der Waals surface area contributed by atoms with Crippen LogP contribution < -0.4 is 10.1 Å². The predicted octanol–water partition coefficient (Wildman–Crippen LogP) is 2.03. The minimum Gasteiger partial charge on any atom is -0.473 e. The molecule has 1 aliphatic heterocycles. The van der Waals surface area contributed by atoms with Crippen LogP contribution >= 0.6 is 34.2 Å². The largest absolute Gasteiger partial charge is 0.473 e. The molecule has 2 N–H and O–H groups in total. The molecule has 1 aliphatic rings. The van der Waals surface area contributed by atoms with Crippen molar-refractivity contribution < 1.29 is 14.6 Å². The van der Waals surface area contributed by atoms with E-state index in [1.165, 1.54) is 6.92 Å². The summed E-state index contributed by atoms with van der Waals surface area (Å²) >= 11 is 7.96. The molecule has 0 unspecified atom stereocenters. The van der Waals surface area contributed by atoms with Gasteiger partial charge in [-0.3, -0.25) is 4.79 Å². The summed E-state index contributed by atoms with van der Waals surface area (Å²) in [5, 5.41) is 12.4. The number of anilines is 1. The number of carbonyl (C=O) groups is 1. The standard InChI is InChI=1S/C10H9ClINO3/c1-10(4-14)9(15)13-8-6(12)2-5(11)3-7(8)16-10/h2-3,14H,4H2,1H3,(H,13,15)/t10-/m0/s1. The van der Waals surface area contributed by atoms with E-state index >= 15 is 0 Å². The maximum Gasteiger partial charge on any atom is 0.270 e. The van der Waals surface area contributed by atoms with Crippen molar-refractivity contribution in [3.63, 3.8) is 0 Å². The van der Waals surface area contributed by atoms with E-state index in [1.807, 2.05) is 0 Å². The maximum absolute atomic E-state index is 11.7. The van der Waals surface area contributed by atoms with Crippen LogP contribution in [0.2, 0.25) is 5.02 Å². The third kappa shape index (κ3) is 1.87. The highest BCUT2D eigenvalue weighted by Crippen LogP contribution is 2.39. The Balaban J connectivity index is 2.51. The monoisotopic (exact) mass is 353 g/mol. The molecule has 16 heavy (non-hydrogen) atoms. The van der Waals surface area contributed by atoms with E-state index in [0.717, 1.165) is 3.57 Å².